The third-order valence-electron chi connectivity index (χ3n) is 4.22. The van der Waals surface area contributed by atoms with Crippen molar-refractivity contribution in [3.8, 4) is 5.75 Å². The van der Waals surface area contributed by atoms with Crippen LogP contribution in [0.4, 0.5) is 8.78 Å². The van der Waals surface area contributed by atoms with Crippen LogP contribution in [0, 0.1) is 17.6 Å². The molecule has 0 saturated carbocycles. The minimum atomic E-state index is -0.331. The standard InChI is InChI=1S/C14H18FN.C6H5FO.C3H6S.C3H8.C2H6/c1-2-14(12-7-9-16-10-8-12)11-3-5-13(15)6-4-11;7-5-1-3-6(8)4-2-5;1-2-3-4;1-3-2;1-2/h2-6,12,16H,7-10H2,1H3;1-4,8H;2,4H,1,3H2;3H2,1-2H3;1-2H3/b14-2+;;;;. The van der Waals surface area contributed by atoms with Crippen molar-refractivity contribution in [2.45, 2.75) is 53.9 Å². The smallest absolute Gasteiger partial charge is 0.123 e. The maximum atomic E-state index is 12.9. The van der Waals surface area contributed by atoms with Crippen LogP contribution in [0.2, 0.25) is 0 Å². The summed E-state index contributed by atoms with van der Waals surface area (Å²) in [5.74, 6) is 0.996. The fraction of sp³-hybridized carbons (Fsp3) is 0.429. The van der Waals surface area contributed by atoms with Gasteiger partial charge in [0.25, 0.3) is 0 Å². The third-order valence-corrected chi connectivity index (χ3v) is 4.48. The molecule has 0 radical (unpaired) electrons. The van der Waals surface area contributed by atoms with Crippen molar-refractivity contribution in [2.24, 2.45) is 5.92 Å². The van der Waals surface area contributed by atoms with E-state index in [9.17, 15) is 8.78 Å². The van der Waals surface area contributed by atoms with Gasteiger partial charge in [-0.25, -0.2) is 8.78 Å². The SMILES string of the molecule is C/C=C(\c1ccc(F)cc1)C1CCNCC1.C=CCS.CC.CCC.Oc1ccc(F)cc1. The van der Waals surface area contributed by atoms with Crippen LogP contribution in [-0.2, 0) is 0 Å². The predicted octanol–water partition coefficient (Wildman–Crippen LogP) is 8.30. The topological polar surface area (TPSA) is 32.3 Å². The summed E-state index contributed by atoms with van der Waals surface area (Å²) < 4.78 is 24.8. The highest BCUT2D eigenvalue weighted by Gasteiger charge is 2.17. The molecule has 1 aliphatic rings. The van der Waals surface area contributed by atoms with Crippen LogP contribution < -0.4 is 5.32 Å². The summed E-state index contributed by atoms with van der Waals surface area (Å²) in [6.07, 6.45) is 7.51. The fourth-order valence-corrected chi connectivity index (χ4v) is 2.85. The molecule has 2 nitrogen and oxygen atoms in total. The van der Waals surface area contributed by atoms with Gasteiger partial charge in [-0.05, 0) is 86.3 Å². The van der Waals surface area contributed by atoms with Crippen molar-refractivity contribution in [3.63, 3.8) is 0 Å². The number of allylic oxidation sites excluding steroid dienone is 2. The maximum absolute atomic E-state index is 12.9. The summed E-state index contributed by atoms with van der Waals surface area (Å²) in [6, 6.07) is 11.9. The van der Waals surface area contributed by atoms with Gasteiger partial charge in [0.05, 0.1) is 0 Å². The second kappa shape index (κ2) is 23.1. The normalized spacial score (nSPS) is 12.8. The first-order valence-electron chi connectivity index (χ1n) is 11.7. The molecule has 1 heterocycles. The van der Waals surface area contributed by atoms with Crippen LogP contribution in [0.3, 0.4) is 0 Å². The first kappa shape index (κ1) is 33.1. The molecule has 1 aliphatic heterocycles. The van der Waals surface area contributed by atoms with Crippen molar-refractivity contribution >= 4 is 18.2 Å². The molecule has 3 rings (SSSR count). The van der Waals surface area contributed by atoms with E-state index in [0.29, 0.717) is 5.92 Å². The number of hydrogen-bond acceptors (Lipinski definition) is 3. The molecule has 0 atom stereocenters. The number of phenols is 1. The van der Waals surface area contributed by atoms with E-state index >= 15 is 0 Å². The Hall–Kier alpha value is -2.11. The molecule has 186 valence electrons. The summed E-state index contributed by atoms with van der Waals surface area (Å²) >= 11 is 3.80. The summed E-state index contributed by atoms with van der Waals surface area (Å²) in [5.41, 5.74) is 2.53. The van der Waals surface area contributed by atoms with Crippen molar-refractivity contribution in [1.29, 1.82) is 0 Å². The first-order chi connectivity index (χ1) is 15.9. The lowest BCUT2D eigenvalue weighted by atomic mass is 9.85. The second-order valence-electron chi connectivity index (χ2n) is 6.93. The quantitative estimate of drug-likeness (QED) is 0.305. The Bertz CT molecular complexity index is 704. The van der Waals surface area contributed by atoms with Gasteiger partial charge in [-0.3, -0.25) is 0 Å². The third kappa shape index (κ3) is 17.1. The Kier molecular flexibility index (Phi) is 23.1. The molecule has 2 aromatic carbocycles. The van der Waals surface area contributed by atoms with Crippen molar-refractivity contribution in [3.05, 3.63) is 84.5 Å². The number of benzene rings is 2. The van der Waals surface area contributed by atoms with Crippen LogP contribution in [0.1, 0.15) is 59.4 Å². The zero-order valence-electron chi connectivity index (χ0n) is 21.0. The average Bonchev–Trinajstić information content (AvgIpc) is 2.86. The monoisotopic (exact) mass is 479 g/mol. The number of thiol groups is 1. The molecular formula is C28H43F2NOS. The van der Waals surface area contributed by atoms with E-state index in [-0.39, 0.29) is 17.4 Å². The Balaban J connectivity index is 0. The second-order valence-corrected chi connectivity index (χ2v) is 7.30. The highest BCUT2D eigenvalue weighted by molar-refractivity contribution is 7.80. The summed E-state index contributed by atoms with van der Waals surface area (Å²) in [4.78, 5) is 0. The van der Waals surface area contributed by atoms with Crippen molar-refractivity contribution in [1.82, 2.24) is 5.32 Å². The lowest BCUT2D eigenvalue weighted by Crippen LogP contribution is -2.28. The first-order valence-corrected chi connectivity index (χ1v) is 12.4. The molecule has 0 aromatic heterocycles. The van der Waals surface area contributed by atoms with Gasteiger partial charge in [0.1, 0.15) is 17.4 Å². The summed E-state index contributed by atoms with van der Waals surface area (Å²) in [5, 5.41) is 12.0. The number of hydrogen-bond donors (Lipinski definition) is 3. The molecule has 33 heavy (non-hydrogen) atoms. The van der Waals surface area contributed by atoms with E-state index in [2.05, 4.69) is 51.4 Å². The Morgan fingerprint density at radius 1 is 1.00 bits per heavy atom. The summed E-state index contributed by atoms with van der Waals surface area (Å²) in [7, 11) is 0. The van der Waals surface area contributed by atoms with Crippen molar-refractivity contribution in [2.75, 3.05) is 18.8 Å². The summed E-state index contributed by atoms with van der Waals surface area (Å²) in [6.45, 7) is 15.9. The van der Waals surface area contributed by atoms with Gasteiger partial charge >= 0.3 is 0 Å². The lowest BCUT2D eigenvalue weighted by molar-refractivity contribution is 0.446. The van der Waals surface area contributed by atoms with E-state index in [1.165, 1.54) is 49.1 Å². The number of phenolic OH excluding ortho intramolecular Hbond substituents is 1. The van der Waals surface area contributed by atoms with Gasteiger partial charge in [0.15, 0.2) is 0 Å². The Morgan fingerprint density at radius 2 is 1.39 bits per heavy atom. The Labute approximate surface area is 206 Å². The maximum Gasteiger partial charge on any atom is 0.123 e. The van der Waals surface area contributed by atoms with Crippen molar-refractivity contribution < 1.29 is 13.9 Å². The molecule has 2 aromatic rings. The van der Waals surface area contributed by atoms with Crippen LogP contribution >= 0.6 is 12.6 Å². The van der Waals surface area contributed by atoms with E-state index < -0.39 is 0 Å². The minimum absolute atomic E-state index is 0.0893. The molecule has 0 bridgehead atoms. The van der Waals surface area contributed by atoms with Gasteiger partial charge in [-0.15, -0.1) is 6.58 Å². The van der Waals surface area contributed by atoms with Crippen LogP contribution in [0.25, 0.3) is 5.57 Å². The van der Waals surface area contributed by atoms with Crippen LogP contribution in [0.5, 0.6) is 5.75 Å². The fourth-order valence-electron chi connectivity index (χ4n) is 2.85. The molecule has 2 N–H and O–H groups in total. The van der Waals surface area contributed by atoms with Crippen LogP contribution in [0.15, 0.2) is 67.3 Å². The van der Waals surface area contributed by atoms with Crippen LogP contribution in [-0.4, -0.2) is 23.9 Å². The largest absolute Gasteiger partial charge is 0.508 e. The van der Waals surface area contributed by atoms with E-state index in [4.69, 9.17) is 5.11 Å². The van der Waals surface area contributed by atoms with E-state index in [1.54, 1.807) is 18.2 Å². The molecule has 1 saturated heterocycles. The predicted molar refractivity (Wildman–Crippen MR) is 145 cm³/mol. The molecular weight excluding hydrogens is 436 g/mol. The van der Waals surface area contributed by atoms with Gasteiger partial charge in [0.2, 0.25) is 0 Å². The Morgan fingerprint density at radius 3 is 1.73 bits per heavy atom. The number of aromatic hydroxyl groups is 1. The molecule has 1 fully saturated rings. The lowest BCUT2D eigenvalue weighted by Gasteiger charge is -2.25. The zero-order valence-corrected chi connectivity index (χ0v) is 21.8. The molecule has 0 spiro atoms. The average molecular weight is 480 g/mol. The number of rotatable bonds is 3. The highest BCUT2D eigenvalue weighted by atomic mass is 32.1. The number of halogens is 2. The van der Waals surface area contributed by atoms with Gasteiger partial charge in [-0.2, -0.15) is 12.6 Å². The minimum Gasteiger partial charge on any atom is -0.508 e. The highest BCUT2D eigenvalue weighted by Crippen LogP contribution is 2.29. The van der Waals surface area contributed by atoms with Gasteiger partial charge < -0.3 is 10.4 Å². The zero-order chi connectivity index (χ0) is 25.5. The molecule has 5 heteroatoms. The molecule has 0 aliphatic carbocycles. The number of nitrogens with one attached hydrogen (secondary N) is 1. The van der Waals surface area contributed by atoms with E-state index in [1.807, 2.05) is 26.0 Å². The molecule has 0 amide bonds. The van der Waals surface area contributed by atoms with Gasteiger partial charge in [0, 0.05) is 5.75 Å². The van der Waals surface area contributed by atoms with E-state index in [0.717, 1.165) is 24.4 Å². The molecule has 0 unspecified atom stereocenters. The van der Waals surface area contributed by atoms with Gasteiger partial charge in [-0.1, -0.05) is 58.4 Å². The number of piperidine rings is 1.